The first-order valence-corrected chi connectivity index (χ1v) is 13.3. The first kappa shape index (κ1) is 23.8. The molecule has 0 spiro atoms. The van der Waals surface area contributed by atoms with Crippen molar-refractivity contribution < 1.29 is 13.2 Å². The summed E-state index contributed by atoms with van der Waals surface area (Å²) in [5.41, 5.74) is 3.42. The molecule has 0 aliphatic carbocycles. The average molecular weight is 475 g/mol. The second-order valence-electron chi connectivity index (χ2n) is 8.62. The lowest BCUT2D eigenvalue weighted by Crippen LogP contribution is -2.34. The maximum atomic E-state index is 13.4. The molecule has 4 rings (SSSR count). The molecule has 0 saturated heterocycles. The van der Waals surface area contributed by atoms with Gasteiger partial charge in [0, 0.05) is 29.3 Å². The van der Waals surface area contributed by atoms with Crippen LogP contribution in [-0.2, 0) is 26.9 Å². The lowest BCUT2D eigenvalue weighted by atomic mass is 10.2. The van der Waals surface area contributed by atoms with E-state index in [0.29, 0.717) is 11.9 Å². The molecule has 1 amide bonds. The van der Waals surface area contributed by atoms with E-state index in [1.54, 1.807) is 15.7 Å². The first-order valence-electron chi connectivity index (χ1n) is 11.6. The van der Waals surface area contributed by atoms with Crippen molar-refractivity contribution in [3.8, 4) is 0 Å². The van der Waals surface area contributed by atoms with Crippen molar-refractivity contribution in [2.45, 2.75) is 43.9 Å². The Morgan fingerprint density at radius 3 is 2.29 bits per heavy atom. The lowest BCUT2D eigenvalue weighted by Gasteiger charge is -2.23. The quantitative estimate of drug-likeness (QED) is 0.310. The zero-order chi connectivity index (χ0) is 24.1. The van der Waals surface area contributed by atoms with Gasteiger partial charge in [0.15, 0.2) is 9.84 Å². The summed E-state index contributed by atoms with van der Waals surface area (Å²) in [5, 5.41) is 0.641. The highest BCUT2D eigenvalue weighted by Crippen LogP contribution is 2.28. The van der Waals surface area contributed by atoms with Gasteiger partial charge in [0.2, 0.25) is 5.91 Å². The first-order chi connectivity index (χ1) is 16.4. The molecule has 6 heteroatoms. The summed E-state index contributed by atoms with van der Waals surface area (Å²) >= 11 is 0. The number of aromatic nitrogens is 1. The minimum absolute atomic E-state index is 0.0668. The third-order valence-corrected chi connectivity index (χ3v) is 7.68. The number of nitrogens with zero attached hydrogens (tertiary/aromatic N) is 2. The van der Waals surface area contributed by atoms with Gasteiger partial charge < -0.3 is 9.47 Å². The van der Waals surface area contributed by atoms with Crippen LogP contribution in [0, 0.1) is 6.92 Å². The van der Waals surface area contributed by atoms with E-state index in [1.807, 2.05) is 85.8 Å². The number of unbranched alkanes of at least 4 members (excludes halogenated alkanes) is 1. The smallest absolute Gasteiger partial charge is 0.246 e. The second-order valence-corrected chi connectivity index (χ2v) is 10.6. The van der Waals surface area contributed by atoms with E-state index in [1.165, 1.54) is 0 Å². The summed E-state index contributed by atoms with van der Waals surface area (Å²) in [4.78, 5) is 15.5. The highest BCUT2D eigenvalue weighted by atomic mass is 32.2. The summed E-state index contributed by atoms with van der Waals surface area (Å²) in [6.45, 7) is 4.76. The molecule has 1 aromatic heterocycles. The topological polar surface area (TPSA) is 59.4 Å². The van der Waals surface area contributed by atoms with Gasteiger partial charge in [-0.25, -0.2) is 8.42 Å². The van der Waals surface area contributed by atoms with Crippen LogP contribution in [0.15, 0.2) is 90.0 Å². The molecule has 0 N–H and O–H groups in total. The number of carbonyl (C=O) groups is 1. The van der Waals surface area contributed by atoms with Crippen LogP contribution in [0.4, 0.5) is 5.69 Å². The molecule has 34 heavy (non-hydrogen) atoms. The molecule has 0 bridgehead atoms. The van der Waals surface area contributed by atoms with Gasteiger partial charge in [-0.2, -0.15) is 0 Å². The van der Waals surface area contributed by atoms with Gasteiger partial charge in [-0.05, 0) is 37.1 Å². The zero-order valence-electron chi connectivity index (χ0n) is 19.6. The molecular formula is C28H30N2O3S. The Kier molecular flexibility index (Phi) is 7.17. The van der Waals surface area contributed by atoms with Gasteiger partial charge in [-0.1, -0.05) is 79.6 Å². The Morgan fingerprint density at radius 1 is 0.912 bits per heavy atom. The van der Waals surface area contributed by atoms with Crippen molar-refractivity contribution >= 4 is 32.3 Å². The molecule has 4 aromatic rings. The van der Waals surface area contributed by atoms with Gasteiger partial charge in [0.1, 0.15) is 6.54 Å². The number of hydrogen-bond acceptors (Lipinski definition) is 3. The number of amides is 1. The molecule has 0 aliphatic rings. The van der Waals surface area contributed by atoms with Gasteiger partial charge in [0.05, 0.1) is 10.6 Å². The minimum atomic E-state index is -3.60. The Balaban J connectivity index is 1.67. The number of para-hydroxylation sites is 2. The largest absolute Gasteiger partial charge is 0.337 e. The fraction of sp³-hybridized carbons (Fsp3) is 0.250. The molecule has 0 unspecified atom stereocenters. The molecule has 0 radical (unpaired) electrons. The summed E-state index contributed by atoms with van der Waals surface area (Å²) in [7, 11) is -3.60. The normalized spacial score (nSPS) is 11.6. The summed E-state index contributed by atoms with van der Waals surface area (Å²) in [5.74, 6) is -0.148. The van der Waals surface area contributed by atoms with Crippen molar-refractivity contribution in [1.82, 2.24) is 4.57 Å². The van der Waals surface area contributed by atoms with Gasteiger partial charge in [-0.15, -0.1) is 0 Å². The fourth-order valence-electron chi connectivity index (χ4n) is 4.13. The molecule has 5 nitrogen and oxygen atoms in total. The van der Waals surface area contributed by atoms with Gasteiger partial charge in [-0.3, -0.25) is 4.79 Å². The van der Waals surface area contributed by atoms with Crippen LogP contribution in [0.3, 0.4) is 0 Å². The Hall–Kier alpha value is -3.38. The number of fused-ring (bicyclic) bond motifs is 1. The van der Waals surface area contributed by atoms with Crippen LogP contribution in [-0.4, -0.2) is 25.4 Å². The number of aryl methyl sites for hydroxylation is 1. The van der Waals surface area contributed by atoms with E-state index in [2.05, 4.69) is 6.92 Å². The van der Waals surface area contributed by atoms with Gasteiger partial charge >= 0.3 is 0 Å². The zero-order valence-corrected chi connectivity index (χ0v) is 20.5. The third kappa shape index (κ3) is 5.23. The van der Waals surface area contributed by atoms with Crippen LogP contribution in [0.2, 0.25) is 0 Å². The van der Waals surface area contributed by atoms with Crippen LogP contribution in [0.1, 0.15) is 30.9 Å². The van der Waals surface area contributed by atoms with Crippen molar-refractivity contribution in [3.63, 3.8) is 0 Å². The van der Waals surface area contributed by atoms with Crippen molar-refractivity contribution in [2.24, 2.45) is 0 Å². The fourth-order valence-corrected chi connectivity index (χ4v) is 5.71. The third-order valence-electron chi connectivity index (χ3n) is 5.97. The maximum absolute atomic E-state index is 13.4. The molecular weight excluding hydrogens is 444 g/mol. The van der Waals surface area contributed by atoms with E-state index in [4.69, 9.17) is 0 Å². The van der Waals surface area contributed by atoms with E-state index >= 15 is 0 Å². The second kappa shape index (κ2) is 10.3. The number of carbonyl (C=O) groups excluding carboxylic acids is 1. The SMILES string of the molecule is CCCCN(C(=O)Cn1cc(S(=O)(=O)Cc2ccc(C)cc2)c2ccccc21)c1ccccc1. The van der Waals surface area contributed by atoms with E-state index < -0.39 is 9.84 Å². The average Bonchev–Trinajstić information content (AvgIpc) is 3.21. The number of rotatable bonds is 9. The van der Waals surface area contributed by atoms with Crippen molar-refractivity contribution in [3.05, 3.63) is 96.2 Å². The highest BCUT2D eigenvalue weighted by molar-refractivity contribution is 7.90. The monoisotopic (exact) mass is 474 g/mol. The van der Waals surface area contributed by atoms with E-state index in [-0.39, 0.29) is 23.1 Å². The molecule has 1 heterocycles. The molecule has 0 aliphatic heterocycles. The summed E-state index contributed by atoms with van der Waals surface area (Å²) in [6, 6.07) is 24.5. The number of anilines is 1. The molecule has 176 valence electrons. The Bertz CT molecular complexity index is 1370. The predicted octanol–water partition coefficient (Wildman–Crippen LogP) is 5.76. The number of sulfone groups is 1. The summed E-state index contributed by atoms with van der Waals surface area (Å²) < 4.78 is 28.5. The maximum Gasteiger partial charge on any atom is 0.246 e. The highest BCUT2D eigenvalue weighted by Gasteiger charge is 2.24. The predicted molar refractivity (Wildman–Crippen MR) is 138 cm³/mol. The standard InChI is InChI=1S/C28H30N2O3S/c1-3-4-18-30(24-10-6-5-7-11-24)28(31)20-29-19-27(25-12-8-9-13-26(25)29)34(32,33)21-23-16-14-22(2)15-17-23/h5-17,19H,3-4,18,20-21H2,1-2H3. The van der Waals surface area contributed by atoms with Crippen molar-refractivity contribution in [1.29, 1.82) is 0 Å². The Morgan fingerprint density at radius 2 is 1.59 bits per heavy atom. The van der Waals surface area contributed by atoms with Crippen molar-refractivity contribution in [2.75, 3.05) is 11.4 Å². The van der Waals surface area contributed by atoms with Crippen LogP contribution >= 0.6 is 0 Å². The Labute approximate surface area is 201 Å². The molecule has 0 atom stereocenters. The minimum Gasteiger partial charge on any atom is -0.337 e. The van der Waals surface area contributed by atoms with E-state index in [0.717, 1.165) is 35.2 Å². The number of hydrogen-bond donors (Lipinski definition) is 0. The van der Waals surface area contributed by atoms with Crippen LogP contribution < -0.4 is 4.90 Å². The van der Waals surface area contributed by atoms with Crippen LogP contribution in [0.5, 0.6) is 0 Å². The lowest BCUT2D eigenvalue weighted by molar-refractivity contribution is -0.119. The number of benzene rings is 3. The summed E-state index contributed by atoms with van der Waals surface area (Å²) in [6.07, 6.45) is 3.49. The van der Waals surface area contributed by atoms with E-state index in [9.17, 15) is 13.2 Å². The molecule has 3 aromatic carbocycles. The van der Waals surface area contributed by atoms with Crippen LogP contribution in [0.25, 0.3) is 10.9 Å². The molecule has 0 fully saturated rings. The van der Waals surface area contributed by atoms with Gasteiger partial charge in [0.25, 0.3) is 0 Å². The molecule has 0 saturated carbocycles.